The van der Waals surface area contributed by atoms with E-state index in [1.54, 1.807) is 12.1 Å². The van der Waals surface area contributed by atoms with E-state index in [2.05, 4.69) is 34.6 Å². The molecule has 0 fully saturated rings. The molecule has 378 valence electrons. The number of rotatable bonds is 50. The van der Waals surface area contributed by atoms with Crippen molar-refractivity contribution in [1.82, 2.24) is 0 Å². The van der Waals surface area contributed by atoms with Crippen LogP contribution in [0.1, 0.15) is 104 Å². The molecule has 64 heavy (non-hydrogen) atoms. The highest BCUT2D eigenvalue weighted by Crippen LogP contribution is 2.23. The molecule has 3 atom stereocenters. The third-order valence-electron chi connectivity index (χ3n) is 10.5. The summed E-state index contributed by atoms with van der Waals surface area (Å²) in [4.78, 5) is 0.129. The number of hydrogen-bond donors (Lipinski definition) is 0. The van der Waals surface area contributed by atoms with Crippen molar-refractivity contribution in [2.45, 2.75) is 111 Å². The van der Waals surface area contributed by atoms with Gasteiger partial charge in [0.05, 0.1) is 150 Å². The Morgan fingerprint density at radius 2 is 0.594 bits per heavy atom. The highest BCUT2D eigenvalue weighted by Gasteiger charge is 2.14. The summed E-state index contributed by atoms with van der Waals surface area (Å²) >= 11 is 0. The van der Waals surface area contributed by atoms with Crippen LogP contribution in [0.3, 0.4) is 0 Å². The molecule has 1 aromatic rings. The summed E-state index contributed by atoms with van der Waals surface area (Å²) < 4.78 is 90.1. The van der Waals surface area contributed by atoms with Crippen LogP contribution in [0.15, 0.2) is 29.2 Å². The zero-order valence-corrected chi connectivity index (χ0v) is 41.9. The summed E-state index contributed by atoms with van der Waals surface area (Å²) in [7, 11) is -3.78. The molecule has 15 heteroatoms. The maximum absolute atomic E-state index is 12.1. The standard InChI is InChI=1S/C49H92O14S/c1-44(2)10-7-11-45(3)12-8-13-46(4)14-9-15-47(5)20-21-52-22-23-53-24-25-54-26-27-55-28-29-56-30-31-57-32-33-58-34-35-59-36-37-60-38-39-61-40-41-62-42-43-63-64(50,51)49-18-16-48(6)17-19-49/h16-19,44-47H,7-15,20-43H2,1-6H3/t45-,46-,47?/m1/s1. The highest BCUT2D eigenvalue weighted by molar-refractivity contribution is 7.86. The molecule has 0 N–H and O–H groups in total. The van der Waals surface area contributed by atoms with Gasteiger partial charge in [-0.1, -0.05) is 110 Å². The fourth-order valence-electron chi connectivity index (χ4n) is 6.50. The maximum Gasteiger partial charge on any atom is 0.297 e. The molecule has 1 aromatic carbocycles. The average Bonchev–Trinajstić information content (AvgIpc) is 3.26. The van der Waals surface area contributed by atoms with Crippen LogP contribution in [0.5, 0.6) is 0 Å². The molecule has 0 aromatic heterocycles. The second-order valence-electron chi connectivity index (χ2n) is 17.1. The van der Waals surface area contributed by atoms with E-state index in [0.29, 0.717) is 138 Å². The van der Waals surface area contributed by atoms with Gasteiger partial charge in [0.1, 0.15) is 0 Å². The van der Waals surface area contributed by atoms with Crippen molar-refractivity contribution < 1.29 is 64.7 Å². The lowest BCUT2D eigenvalue weighted by molar-refractivity contribution is -0.0278. The van der Waals surface area contributed by atoms with Crippen LogP contribution in [-0.2, 0) is 66.4 Å². The summed E-state index contributed by atoms with van der Waals surface area (Å²) in [6.45, 7) is 24.5. The molecule has 0 saturated heterocycles. The molecule has 0 aliphatic heterocycles. The van der Waals surface area contributed by atoms with Gasteiger partial charge in [0.15, 0.2) is 0 Å². The number of benzene rings is 1. The van der Waals surface area contributed by atoms with E-state index in [-0.39, 0.29) is 18.1 Å². The SMILES string of the molecule is Cc1ccc(S(=O)(=O)OCCOCCOCCOCCOCCOCCOCCOCCOCCOCCOCCOCCC(C)CCC[C@H](C)CCC[C@H](C)CCCC(C)C)cc1. The minimum absolute atomic E-state index is 0.0593. The van der Waals surface area contributed by atoms with Gasteiger partial charge in [0.2, 0.25) is 0 Å². The van der Waals surface area contributed by atoms with Crippen LogP contribution in [0.25, 0.3) is 0 Å². The summed E-state index contributed by atoms with van der Waals surface area (Å²) in [5, 5.41) is 0. The fraction of sp³-hybridized carbons (Fsp3) is 0.878. The normalized spacial score (nSPS) is 13.5. The number of hydrogen-bond acceptors (Lipinski definition) is 14. The van der Waals surface area contributed by atoms with Gasteiger partial charge in [0, 0.05) is 6.61 Å². The quantitative estimate of drug-likeness (QED) is 0.0456. The first kappa shape index (κ1) is 60.7. The van der Waals surface area contributed by atoms with Crippen LogP contribution >= 0.6 is 0 Å². The number of aryl methyl sites for hydroxylation is 1. The minimum atomic E-state index is -3.78. The average molecular weight is 937 g/mol. The Morgan fingerprint density at radius 3 is 0.891 bits per heavy atom. The Morgan fingerprint density at radius 1 is 0.344 bits per heavy atom. The highest BCUT2D eigenvalue weighted by atomic mass is 32.2. The van der Waals surface area contributed by atoms with Crippen molar-refractivity contribution in [3.05, 3.63) is 29.8 Å². The maximum atomic E-state index is 12.1. The Kier molecular flexibility index (Phi) is 41.9. The third-order valence-corrected chi connectivity index (χ3v) is 11.8. The molecular weight excluding hydrogens is 845 g/mol. The van der Waals surface area contributed by atoms with E-state index in [1.807, 2.05) is 6.92 Å². The topological polar surface area (TPSA) is 145 Å². The van der Waals surface area contributed by atoms with Crippen LogP contribution in [0, 0.1) is 30.6 Å². The molecule has 0 spiro atoms. The molecule has 1 rings (SSSR count). The van der Waals surface area contributed by atoms with Crippen LogP contribution < -0.4 is 0 Å². The van der Waals surface area contributed by atoms with Crippen molar-refractivity contribution in [1.29, 1.82) is 0 Å². The van der Waals surface area contributed by atoms with Crippen LogP contribution in [0.4, 0.5) is 0 Å². The number of ether oxygens (including phenoxy) is 11. The van der Waals surface area contributed by atoms with Gasteiger partial charge in [-0.15, -0.1) is 0 Å². The molecular formula is C49H92O14S. The van der Waals surface area contributed by atoms with E-state index in [0.717, 1.165) is 36.3 Å². The lowest BCUT2D eigenvalue weighted by Gasteiger charge is -2.16. The third kappa shape index (κ3) is 40.9. The van der Waals surface area contributed by atoms with E-state index < -0.39 is 10.1 Å². The van der Waals surface area contributed by atoms with E-state index in [1.165, 1.54) is 69.9 Å². The largest absolute Gasteiger partial charge is 0.379 e. The van der Waals surface area contributed by atoms with Crippen molar-refractivity contribution in [3.63, 3.8) is 0 Å². The molecule has 0 saturated carbocycles. The van der Waals surface area contributed by atoms with Gasteiger partial charge in [0.25, 0.3) is 10.1 Å². The summed E-state index contributed by atoms with van der Waals surface area (Å²) in [6.07, 6.45) is 13.4. The first-order valence-corrected chi connectivity index (χ1v) is 25.8. The smallest absolute Gasteiger partial charge is 0.297 e. The molecule has 0 heterocycles. The Hall–Kier alpha value is -1.31. The predicted molar refractivity (Wildman–Crippen MR) is 252 cm³/mol. The lowest BCUT2D eigenvalue weighted by atomic mass is 9.91. The fourth-order valence-corrected chi connectivity index (χ4v) is 7.39. The first-order valence-electron chi connectivity index (χ1n) is 24.4. The van der Waals surface area contributed by atoms with Crippen molar-refractivity contribution in [2.24, 2.45) is 23.7 Å². The van der Waals surface area contributed by atoms with Crippen LogP contribution in [0.2, 0.25) is 0 Å². The minimum Gasteiger partial charge on any atom is -0.379 e. The Balaban J connectivity index is 1.69. The van der Waals surface area contributed by atoms with Gasteiger partial charge in [-0.2, -0.15) is 8.42 Å². The first-order chi connectivity index (χ1) is 31.1. The van der Waals surface area contributed by atoms with Crippen molar-refractivity contribution in [2.75, 3.05) is 152 Å². The van der Waals surface area contributed by atoms with Gasteiger partial charge in [-0.25, -0.2) is 0 Å². The zero-order chi connectivity index (χ0) is 46.6. The molecule has 0 bridgehead atoms. The van der Waals surface area contributed by atoms with Gasteiger partial charge in [-0.3, -0.25) is 4.18 Å². The summed E-state index contributed by atoms with van der Waals surface area (Å²) in [5.74, 6) is 3.28. The van der Waals surface area contributed by atoms with E-state index >= 15 is 0 Å². The molecule has 0 amide bonds. The Bertz CT molecular complexity index is 1220. The van der Waals surface area contributed by atoms with Gasteiger partial charge in [-0.05, 0) is 49.1 Å². The van der Waals surface area contributed by atoms with E-state index in [4.69, 9.17) is 56.3 Å². The predicted octanol–water partition coefficient (Wildman–Crippen LogP) is 8.35. The molecule has 0 aliphatic carbocycles. The molecule has 0 radical (unpaired) electrons. The summed E-state index contributed by atoms with van der Waals surface area (Å²) in [5.41, 5.74) is 0.976. The Labute approximate surface area is 389 Å². The zero-order valence-electron chi connectivity index (χ0n) is 41.1. The molecule has 0 aliphatic rings. The second kappa shape index (κ2) is 44.2. The van der Waals surface area contributed by atoms with Crippen molar-refractivity contribution in [3.8, 4) is 0 Å². The van der Waals surface area contributed by atoms with Crippen molar-refractivity contribution >= 4 is 10.1 Å². The van der Waals surface area contributed by atoms with Gasteiger partial charge < -0.3 is 52.1 Å². The van der Waals surface area contributed by atoms with Gasteiger partial charge >= 0.3 is 0 Å². The monoisotopic (exact) mass is 937 g/mol. The summed E-state index contributed by atoms with van der Waals surface area (Å²) in [6, 6.07) is 6.50. The van der Waals surface area contributed by atoms with Crippen LogP contribution in [-0.4, -0.2) is 160 Å². The molecule has 1 unspecified atom stereocenters. The lowest BCUT2D eigenvalue weighted by Crippen LogP contribution is -2.16. The second-order valence-corrected chi connectivity index (χ2v) is 18.7. The van der Waals surface area contributed by atoms with E-state index in [9.17, 15) is 8.42 Å². The molecule has 14 nitrogen and oxygen atoms in total.